The Balaban J connectivity index is 2.19. The van der Waals surface area contributed by atoms with Crippen molar-refractivity contribution in [3.63, 3.8) is 0 Å². The maximum absolute atomic E-state index is 11.7. The first-order chi connectivity index (χ1) is 9.10. The van der Waals surface area contributed by atoms with Gasteiger partial charge in [-0.25, -0.2) is 0 Å². The SMILES string of the molecule is COc1ccc(Cc2nnc(C(C)N)c(=O)[nH]2)cc1. The molecule has 1 heterocycles. The number of aromatic nitrogens is 3. The molecule has 6 nitrogen and oxygen atoms in total. The molecule has 1 atom stereocenters. The largest absolute Gasteiger partial charge is 0.497 e. The summed E-state index contributed by atoms with van der Waals surface area (Å²) in [6.45, 7) is 1.70. The topological polar surface area (TPSA) is 93.9 Å². The quantitative estimate of drug-likeness (QED) is 0.847. The smallest absolute Gasteiger partial charge is 0.274 e. The molecule has 1 unspecified atom stereocenters. The standard InChI is InChI=1S/C13H16N4O2/c1-8(14)12-13(18)15-11(16-17-12)7-9-3-5-10(19-2)6-4-9/h3-6,8H,7,14H2,1-2H3,(H,15,16,18). The molecule has 0 amide bonds. The number of hydrogen-bond acceptors (Lipinski definition) is 5. The van der Waals surface area contributed by atoms with Crippen LogP contribution >= 0.6 is 0 Å². The number of methoxy groups -OCH3 is 1. The maximum Gasteiger partial charge on any atom is 0.274 e. The number of nitrogens with zero attached hydrogens (tertiary/aromatic N) is 2. The van der Waals surface area contributed by atoms with Crippen LogP contribution in [0.4, 0.5) is 0 Å². The van der Waals surface area contributed by atoms with Crippen LogP contribution in [-0.4, -0.2) is 22.3 Å². The molecule has 2 aromatic rings. The highest BCUT2D eigenvalue weighted by Crippen LogP contribution is 2.12. The average Bonchev–Trinajstić information content (AvgIpc) is 2.39. The van der Waals surface area contributed by atoms with Crippen molar-refractivity contribution in [2.45, 2.75) is 19.4 Å². The van der Waals surface area contributed by atoms with Crippen LogP contribution in [0.3, 0.4) is 0 Å². The van der Waals surface area contributed by atoms with Gasteiger partial charge in [-0.15, -0.1) is 10.2 Å². The lowest BCUT2D eigenvalue weighted by molar-refractivity contribution is 0.414. The van der Waals surface area contributed by atoms with Gasteiger partial charge in [-0.05, 0) is 24.6 Å². The van der Waals surface area contributed by atoms with Gasteiger partial charge in [0.05, 0.1) is 13.2 Å². The van der Waals surface area contributed by atoms with E-state index in [1.807, 2.05) is 24.3 Å². The lowest BCUT2D eigenvalue weighted by Gasteiger charge is -2.05. The molecule has 0 saturated carbocycles. The van der Waals surface area contributed by atoms with Gasteiger partial charge >= 0.3 is 0 Å². The van der Waals surface area contributed by atoms with Gasteiger partial charge in [-0.1, -0.05) is 12.1 Å². The van der Waals surface area contributed by atoms with Crippen molar-refractivity contribution < 1.29 is 4.74 Å². The number of ether oxygens (including phenoxy) is 1. The summed E-state index contributed by atoms with van der Waals surface area (Å²) in [4.78, 5) is 14.4. The van der Waals surface area contributed by atoms with Gasteiger partial charge in [-0.3, -0.25) is 4.79 Å². The van der Waals surface area contributed by atoms with Crippen molar-refractivity contribution in [3.05, 3.63) is 51.7 Å². The zero-order chi connectivity index (χ0) is 13.8. The molecule has 0 aliphatic carbocycles. The Morgan fingerprint density at radius 2 is 2.00 bits per heavy atom. The number of H-pyrrole nitrogens is 1. The second kappa shape index (κ2) is 5.62. The Morgan fingerprint density at radius 1 is 1.32 bits per heavy atom. The van der Waals surface area contributed by atoms with Gasteiger partial charge in [0.25, 0.3) is 5.56 Å². The van der Waals surface area contributed by atoms with E-state index in [2.05, 4.69) is 15.2 Å². The van der Waals surface area contributed by atoms with Crippen molar-refractivity contribution in [2.24, 2.45) is 5.73 Å². The van der Waals surface area contributed by atoms with Crippen LogP contribution in [0.25, 0.3) is 0 Å². The first-order valence-corrected chi connectivity index (χ1v) is 5.94. The summed E-state index contributed by atoms with van der Waals surface area (Å²) in [6.07, 6.45) is 0.505. The Morgan fingerprint density at radius 3 is 2.53 bits per heavy atom. The van der Waals surface area contributed by atoms with Crippen molar-refractivity contribution in [3.8, 4) is 5.75 Å². The fraction of sp³-hybridized carbons (Fsp3) is 0.308. The summed E-state index contributed by atoms with van der Waals surface area (Å²) in [5.74, 6) is 1.30. The Hall–Kier alpha value is -2.21. The highest BCUT2D eigenvalue weighted by atomic mass is 16.5. The number of nitrogens with two attached hydrogens (primary N) is 1. The number of aromatic amines is 1. The molecular weight excluding hydrogens is 244 g/mol. The minimum absolute atomic E-state index is 0.249. The van der Waals surface area contributed by atoms with Crippen LogP contribution < -0.4 is 16.0 Å². The van der Waals surface area contributed by atoms with Gasteiger partial charge in [0.1, 0.15) is 17.3 Å². The average molecular weight is 260 g/mol. The molecule has 6 heteroatoms. The molecule has 0 aliphatic heterocycles. The molecule has 0 spiro atoms. The predicted molar refractivity (Wildman–Crippen MR) is 71.1 cm³/mol. The lowest BCUT2D eigenvalue weighted by Crippen LogP contribution is -2.24. The second-order valence-electron chi connectivity index (χ2n) is 4.30. The molecule has 1 aromatic carbocycles. The van der Waals surface area contributed by atoms with Crippen molar-refractivity contribution in [1.29, 1.82) is 0 Å². The van der Waals surface area contributed by atoms with E-state index >= 15 is 0 Å². The first-order valence-electron chi connectivity index (χ1n) is 5.94. The number of nitrogens with one attached hydrogen (secondary N) is 1. The Labute approximate surface area is 110 Å². The zero-order valence-corrected chi connectivity index (χ0v) is 10.9. The first kappa shape index (κ1) is 13.2. The number of hydrogen-bond donors (Lipinski definition) is 2. The lowest BCUT2D eigenvalue weighted by atomic mass is 10.1. The summed E-state index contributed by atoms with van der Waals surface area (Å²) in [5, 5.41) is 7.85. The number of benzene rings is 1. The molecule has 0 radical (unpaired) electrons. The molecule has 2 rings (SSSR count). The Kier molecular flexibility index (Phi) is 3.91. The van der Waals surface area contributed by atoms with Gasteiger partial charge in [0.15, 0.2) is 0 Å². The van der Waals surface area contributed by atoms with Crippen LogP contribution in [0.5, 0.6) is 5.75 Å². The molecule has 3 N–H and O–H groups in total. The van der Waals surface area contributed by atoms with Gasteiger partial charge in [0, 0.05) is 6.42 Å². The predicted octanol–water partition coefficient (Wildman–Crippen LogP) is 0.784. The fourth-order valence-electron chi connectivity index (χ4n) is 1.69. The highest BCUT2D eigenvalue weighted by molar-refractivity contribution is 5.28. The third kappa shape index (κ3) is 3.17. The minimum Gasteiger partial charge on any atom is -0.497 e. The van der Waals surface area contributed by atoms with Crippen LogP contribution in [0.1, 0.15) is 30.0 Å². The molecule has 100 valence electrons. The van der Waals surface area contributed by atoms with Gasteiger partial charge in [0.2, 0.25) is 0 Å². The van der Waals surface area contributed by atoms with Crippen LogP contribution in [0.15, 0.2) is 29.1 Å². The molecular formula is C13H16N4O2. The van der Waals surface area contributed by atoms with Crippen LogP contribution in [0, 0.1) is 0 Å². The van der Waals surface area contributed by atoms with E-state index in [1.54, 1.807) is 14.0 Å². The van der Waals surface area contributed by atoms with Crippen molar-refractivity contribution >= 4 is 0 Å². The van der Waals surface area contributed by atoms with Crippen LogP contribution in [-0.2, 0) is 6.42 Å². The molecule has 0 bridgehead atoms. The van der Waals surface area contributed by atoms with Crippen molar-refractivity contribution in [1.82, 2.24) is 15.2 Å². The molecule has 1 aromatic heterocycles. The Bertz CT molecular complexity index is 605. The van der Waals surface area contributed by atoms with E-state index in [9.17, 15) is 4.79 Å². The maximum atomic E-state index is 11.7. The molecule has 0 saturated heterocycles. The highest BCUT2D eigenvalue weighted by Gasteiger charge is 2.09. The monoisotopic (exact) mass is 260 g/mol. The normalized spacial score (nSPS) is 12.2. The van der Waals surface area contributed by atoms with Crippen molar-refractivity contribution in [2.75, 3.05) is 7.11 Å². The summed E-state index contributed by atoms with van der Waals surface area (Å²) >= 11 is 0. The summed E-state index contributed by atoms with van der Waals surface area (Å²) < 4.78 is 5.08. The van der Waals surface area contributed by atoms with E-state index in [4.69, 9.17) is 10.5 Å². The fourth-order valence-corrected chi connectivity index (χ4v) is 1.69. The van der Waals surface area contributed by atoms with E-state index < -0.39 is 6.04 Å². The van der Waals surface area contributed by atoms with Crippen LogP contribution in [0.2, 0.25) is 0 Å². The van der Waals surface area contributed by atoms with E-state index in [1.165, 1.54) is 0 Å². The molecule has 0 fully saturated rings. The van der Waals surface area contributed by atoms with Gasteiger partial charge in [-0.2, -0.15) is 0 Å². The van der Waals surface area contributed by atoms with E-state index in [0.717, 1.165) is 11.3 Å². The summed E-state index contributed by atoms with van der Waals surface area (Å²) in [7, 11) is 1.62. The minimum atomic E-state index is -0.425. The molecule has 0 aliphatic rings. The third-order valence-corrected chi connectivity index (χ3v) is 2.73. The van der Waals surface area contributed by atoms with E-state index in [-0.39, 0.29) is 11.3 Å². The molecule has 19 heavy (non-hydrogen) atoms. The third-order valence-electron chi connectivity index (χ3n) is 2.73. The van der Waals surface area contributed by atoms with E-state index in [0.29, 0.717) is 12.2 Å². The second-order valence-corrected chi connectivity index (χ2v) is 4.30. The van der Waals surface area contributed by atoms with Gasteiger partial charge < -0.3 is 15.5 Å². The summed E-state index contributed by atoms with van der Waals surface area (Å²) in [5.41, 5.74) is 6.59. The number of rotatable bonds is 4. The summed E-state index contributed by atoms with van der Waals surface area (Å²) in [6, 6.07) is 7.12. The zero-order valence-electron chi connectivity index (χ0n) is 10.9.